The lowest BCUT2D eigenvalue weighted by Gasteiger charge is -2.32. The molecule has 0 bridgehead atoms. The second-order valence-electron chi connectivity index (χ2n) is 5.10. The maximum atomic E-state index is 5.79. The minimum Gasteiger partial charge on any atom is -0.355 e. The minimum atomic E-state index is 0.0339. The summed E-state index contributed by atoms with van der Waals surface area (Å²) in [5.74, 6) is 0.890. The van der Waals surface area contributed by atoms with Gasteiger partial charge < -0.3 is 10.6 Å². The fourth-order valence-corrected chi connectivity index (χ4v) is 1.81. The molecule has 2 rings (SSSR count). The van der Waals surface area contributed by atoms with Gasteiger partial charge in [0.2, 0.25) is 0 Å². The molecule has 0 unspecified atom stereocenters. The first-order valence-electron chi connectivity index (χ1n) is 6.04. The second kappa shape index (κ2) is 4.85. The van der Waals surface area contributed by atoms with Crippen molar-refractivity contribution in [3.05, 3.63) is 12.4 Å². The molecular weight excluding hydrogens is 230 g/mol. The van der Waals surface area contributed by atoms with Gasteiger partial charge in [-0.15, -0.1) is 5.10 Å². The molecule has 7 heteroatoms. The van der Waals surface area contributed by atoms with Crippen LogP contribution >= 0.6 is 0 Å². The summed E-state index contributed by atoms with van der Waals surface area (Å²) in [6.07, 6.45) is 3.42. The fourth-order valence-electron chi connectivity index (χ4n) is 1.81. The number of nitrogens with two attached hydrogens (primary N) is 1. The Morgan fingerprint density at radius 2 is 2.17 bits per heavy atom. The van der Waals surface area contributed by atoms with Gasteiger partial charge in [0.1, 0.15) is 0 Å². The predicted octanol–water partition coefficient (Wildman–Crippen LogP) is 0.330. The molecule has 0 amide bonds. The fraction of sp³-hybridized carbons (Fsp3) is 0.636. The molecule has 0 saturated heterocycles. The van der Waals surface area contributed by atoms with Gasteiger partial charge >= 0.3 is 0 Å². The lowest BCUT2D eigenvalue weighted by Crippen LogP contribution is -2.39. The normalized spacial score (nSPS) is 12.0. The number of tetrazole rings is 1. The van der Waals surface area contributed by atoms with Crippen molar-refractivity contribution in [3.8, 4) is 0 Å². The average molecular weight is 249 g/mol. The number of nitrogens with zero attached hydrogens (tertiary/aromatic N) is 6. The summed E-state index contributed by atoms with van der Waals surface area (Å²) in [5.41, 5.74) is 6.47. The first-order valence-corrected chi connectivity index (χ1v) is 6.04. The largest absolute Gasteiger partial charge is 0.355 e. The maximum absolute atomic E-state index is 5.79. The SMILES string of the molecule is CCN(CC(C)(C)CN)c1cncc2nnnn12. The molecule has 0 radical (unpaired) electrons. The number of hydrogen-bond donors (Lipinski definition) is 1. The zero-order valence-corrected chi connectivity index (χ0v) is 11.0. The molecule has 0 spiro atoms. The van der Waals surface area contributed by atoms with Crippen LogP contribution in [0.25, 0.3) is 5.65 Å². The highest BCUT2D eigenvalue weighted by Crippen LogP contribution is 2.20. The van der Waals surface area contributed by atoms with Gasteiger partial charge in [0, 0.05) is 13.1 Å². The Hall–Kier alpha value is -1.76. The standard InChI is InChI=1S/C11H19N7/c1-4-17(8-11(2,3)7-12)10-6-13-5-9-14-15-16-18(9)10/h5-6H,4,7-8,12H2,1-3H3. The summed E-state index contributed by atoms with van der Waals surface area (Å²) in [6, 6.07) is 0. The van der Waals surface area contributed by atoms with E-state index in [1.807, 2.05) is 0 Å². The van der Waals surface area contributed by atoms with E-state index in [-0.39, 0.29) is 5.41 Å². The summed E-state index contributed by atoms with van der Waals surface area (Å²) in [5, 5.41) is 11.6. The zero-order valence-electron chi connectivity index (χ0n) is 11.0. The van der Waals surface area contributed by atoms with E-state index in [1.54, 1.807) is 16.9 Å². The first kappa shape index (κ1) is 12.7. The number of anilines is 1. The summed E-state index contributed by atoms with van der Waals surface area (Å²) >= 11 is 0. The number of fused-ring (bicyclic) bond motifs is 1. The average Bonchev–Trinajstić information content (AvgIpc) is 2.84. The lowest BCUT2D eigenvalue weighted by molar-refractivity contribution is 0.377. The Morgan fingerprint density at radius 1 is 1.39 bits per heavy atom. The molecule has 7 nitrogen and oxygen atoms in total. The Morgan fingerprint density at radius 3 is 2.83 bits per heavy atom. The van der Waals surface area contributed by atoms with Crippen LogP contribution in [0.4, 0.5) is 5.82 Å². The monoisotopic (exact) mass is 249 g/mol. The van der Waals surface area contributed by atoms with Crippen molar-refractivity contribution in [2.45, 2.75) is 20.8 Å². The van der Waals surface area contributed by atoms with Crippen LogP contribution < -0.4 is 10.6 Å². The third-order valence-corrected chi connectivity index (χ3v) is 2.97. The van der Waals surface area contributed by atoms with Crippen LogP contribution in [0.5, 0.6) is 0 Å². The Bertz CT molecular complexity index is 519. The van der Waals surface area contributed by atoms with Gasteiger partial charge in [-0.1, -0.05) is 13.8 Å². The third-order valence-electron chi connectivity index (χ3n) is 2.97. The Balaban J connectivity index is 2.35. The molecule has 2 heterocycles. The number of rotatable bonds is 5. The quantitative estimate of drug-likeness (QED) is 0.822. The highest BCUT2D eigenvalue weighted by Gasteiger charge is 2.21. The summed E-state index contributed by atoms with van der Waals surface area (Å²) in [7, 11) is 0. The van der Waals surface area contributed by atoms with E-state index in [0.29, 0.717) is 12.2 Å². The van der Waals surface area contributed by atoms with Crippen LogP contribution in [0.3, 0.4) is 0 Å². The summed E-state index contributed by atoms with van der Waals surface area (Å²) in [4.78, 5) is 6.36. The van der Waals surface area contributed by atoms with Crippen LogP contribution in [0.15, 0.2) is 12.4 Å². The minimum absolute atomic E-state index is 0.0339. The van der Waals surface area contributed by atoms with E-state index in [9.17, 15) is 0 Å². The lowest BCUT2D eigenvalue weighted by atomic mass is 9.93. The Labute approximate surface area is 106 Å². The van der Waals surface area contributed by atoms with Crippen molar-refractivity contribution in [2.75, 3.05) is 24.5 Å². The maximum Gasteiger partial charge on any atom is 0.199 e. The van der Waals surface area contributed by atoms with Gasteiger partial charge in [-0.2, -0.15) is 4.52 Å². The smallest absolute Gasteiger partial charge is 0.199 e. The summed E-state index contributed by atoms with van der Waals surface area (Å²) in [6.45, 7) is 8.69. The van der Waals surface area contributed by atoms with Crippen LogP contribution in [0, 0.1) is 5.41 Å². The molecule has 0 aliphatic rings. The second-order valence-corrected chi connectivity index (χ2v) is 5.10. The molecule has 98 valence electrons. The van der Waals surface area contributed by atoms with Crippen LogP contribution in [-0.2, 0) is 0 Å². The molecular formula is C11H19N7. The van der Waals surface area contributed by atoms with Crippen molar-refractivity contribution in [1.29, 1.82) is 0 Å². The van der Waals surface area contributed by atoms with Crippen molar-refractivity contribution < 1.29 is 0 Å². The molecule has 2 N–H and O–H groups in total. The Kier molecular flexibility index (Phi) is 3.42. The zero-order chi connectivity index (χ0) is 13.2. The van der Waals surface area contributed by atoms with Crippen molar-refractivity contribution in [2.24, 2.45) is 11.1 Å². The van der Waals surface area contributed by atoms with Gasteiger partial charge in [-0.3, -0.25) is 4.98 Å². The van der Waals surface area contributed by atoms with Crippen LogP contribution in [-0.4, -0.2) is 44.7 Å². The van der Waals surface area contributed by atoms with Gasteiger partial charge in [0.05, 0.1) is 12.4 Å². The molecule has 0 atom stereocenters. The van der Waals surface area contributed by atoms with Gasteiger partial charge in [0.15, 0.2) is 11.5 Å². The molecule has 2 aromatic heterocycles. The number of aromatic nitrogens is 5. The summed E-state index contributed by atoms with van der Waals surface area (Å²) < 4.78 is 1.70. The van der Waals surface area contributed by atoms with Gasteiger partial charge in [0.25, 0.3) is 0 Å². The van der Waals surface area contributed by atoms with Crippen LogP contribution in [0.2, 0.25) is 0 Å². The van der Waals surface area contributed by atoms with E-state index >= 15 is 0 Å². The van der Waals surface area contributed by atoms with E-state index in [0.717, 1.165) is 18.9 Å². The molecule has 0 aliphatic heterocycles. The molecule has 2 aromatic rings. The number of hydrogen-bond acceptors (Lipinski definition) is 6. The highest BCUT2D eigenvalue weighted by atomic mass is 15.5. The third kappa shape index (κ3) is 2.40. The van der Waals surface area contributed by atoms with Crippen LogP contribution in [0.1, 0.15) is 20.8 Å². The molecule has 0 aromatic carbocycles. The van der Waals surface area contributed by atoms with Gasteiger partial charge in [-0.05, 0) is 29.3 Å². The van der Waals surface area contributed by atoms with Crippen molar-refractivity contribution in [3.63, 3.8) is 0 Å². The topological polar surface area (TPSA) is 85.2 Å². The highest BCUT2D eigenvalue weighted by molar-refractivity contribution is 5.46. The van der Waals surface area contributed by atoms with Gasteiger partial charge in [-0.25, -0.2) is 0 Å². The molecule has 0 aliphatic carbocycles. The van der Waals surface area contributed by atoms with Crippen molar-refractivity contribution in [1.82, 2.24) is 25.0 Å². The molecule has 0 saturated carbocycles. The van der Waals surface area contributed by atoms with Crippen molar-refractivity contribution >= 4 is 11.5 Å². The predicted molar refractivity (Wildman–Crippen MR) is 69.3 cm³/mol. The van der Waals surface area contributed by atoms with E-state index in [2.05, 4.69) is 46.2 Å². The first-order chi connectivity index (χ1) is 8.57. The van der Waals surface area contributed by atoms with E-state index in [1.165, 1.54) is 0 Å². The molecule has 18 heavy (non-hydrogen) atoms. The molecule has 0 fully saturated rings. The van der Waals surface area contributed by atoms with E-state index < -0.39 is 0 Å². The van der Waals surface area contributed by atoms with E-state index in [4.69, 9.17) is 5.73 Å².